The summed E-state index contributed by atoms with van der Waals surface area (Å²) in [5, 5.41) is 2.92. The van der Waals surface area contributed by atoms with Crippen molar-refractivity contribution in [1.82, 2.24) is 10.2 Å². The van der Waals surface area contributed by atoms with Crippen LogP contribution in [0.3, 0.4) is 0 Å². The van der Waals surface area contributed by atoms with E-state index in [1.165, 1.54) is 0 Å². The standard InChI is InChI=1S/C9H14N2O2/c1-11-5-6(4-8(11)12)9(13)10-7-2-3-7/h6-7H,2-5H2,1H3,(H,10,13). The van der Waals surface area contributed by atoms with Crippen LogP contribution in [0.15, 0.2) is 0 Å². The highest BCUT2D eigenvalue weighted by atomic mass is 16.2. The van der Waals surface area contributed by atoms with Crippen LogP contribution in [0.4, 0.5) is 0 Å². The van der Waals surface area contributed by atoms with Gasteiger partial charge in [0.15, 0.2) is 0 Å². The lowest BCUT2D eigenvalue weighted by Gasteiger charge is -2.09. The second-order valence-electron chi connectivity index (χ2n) is 3.96. The number of carbonyl (C=O) groups excluding carboxylic acids is 2. The molecule has 0 radical (unpaired) electrons. The van der Waals surface area contributed by atoms with Crippen LogP contribution in [0.25, 0.3) is 0 Å². The Balaban J connectivity index is 1.86. The van der Waals surface area contributed by atoms with Crippen molar-refractivity contribution in [2.24, 2.45) is 5.92 Å². The molecule has 1 aliphatic carbocycles. The second-order valence-corrected chi connectivity index (χ2v) is 3.96. The Kier molecular flexibility index (Phi) is 1.98. The van der Waals surface area contributed by atoms with E-state index in [1.807, 2.05) is 0 Å². The third kappa shape index (κ3) is 1.82. The molecule has 1 N–H and O–H groups in total. The Hall–Kier alpha value is -1.06. The zero-order chi connectivity index (χ0) is 9.42. The molecule has 0 aromatic rings. The smallest absolute Gasteiger partial charge is 0.225 e. The van der Waals surface area contributed by atoms with Crippen LogP contribution in [0.1, 0.15) is 19.3 Å². The average molecular weight is 182 g/mol. The van der Waals surface area contributed by atoms with E-state index in [0.717, 1.165) is 12.8 Å². The van der Waals surface area contributed by atoms with Crippen LogP contribution in [-0.2, 0) is 9.59 Å². The second kappa shape index (κ2) is 3.01. The summed E-state index contributed by atoms with van der Waals surface area (Å²) in [6.07, 6.45) is 2.58. The summed E-state index contributed by atoms with van der Waals surface area (Å²) < 4.78 is 0. The summed E-state index contributed by atoms with van der Waals surface area (Å²) in [6, 6.07) is 0.397. The fourth-order valence-electron chi connectivity index (χ4n) is 1.59. The predicted molar refractivity (Wildman–Crippen MR) is 46.9 cm³/mol. The average Bonchev–Trinajstić information content (AvgIpc) is 2.81. The topological polar surface area (TPSA) is 49.4 Å². The molecule has 1 atom stereocenters. The first kappa shape index (κ1) is 8.53. The number of nitrogens with zero attached hydrogens (tertiary/aromatic N) is 1. The summed E-state index contributed by atoms with van der Waals surface area (Å²) in [6.45, 7) is 0.581. The van der Waals surface area contributed by atoms with Crippen LogP contribution < -0.4 is 5.32 Å². The maximum absolute atomic E-state index is 11.5. The minimum Gasteiger partial charge on any atom is -0.353 e. The van der Waals surface area contributed by atoms with E-state index in [1.54, 1.807) is 11.9 Å². The fraction of sp³-hybridized carbons (Fsp3) is 0.778. The SMILES string of the molecule is CN1CC(C(=O)NC2CC2)CC1=O. The van der Waals surface area contributed by atoms with Gasteiger partial charge in [-0.2, -0.15) is 0 Å². The first-order valence-electron chi connectivity index (χ1n) is 4.71. The van der Waals surface area contributed by atoms with Crippen molar-refractivity contribution in [2.45, 2.75) is 25.3 Å². The number of likely N-dealkylation sites (tertiary alicyclic amines) is 1. The van der Waals surface area contributed by atoms with Gasteiger partial charge in [-0.1, -0.05) is 0 Å². The first-order chi connectivity index (χ1) is 6.16. The van der Waals surface area contributed by atoms with Gasteiger partial charge in [0, 0.05) is 26.1 Å². The molecule has 1 saturated carbocycles. The molecule has 0 bridgehead atoms. The van der Waals surface area contributed by atoms with E-state index in [2.05, 4.69) is 5.32 Å². The van der Waals surface area contributed by atoms with E-state index in [-0.39, 0.29) is 17.7 Å². The highest BCUT2D eigenvalue weighted by molar-refractivity contribution is 5.89. The molecule has 13 heavy (non-hydrogen) atoms. The molecule has 1 saturated heterocycles. The maximum atomic E-state index is 11.5. The van der Waals surface area contributed by atoms with Crippen LogP contribution in [0.5, 0.6) is 0 Å². The molecule has 1 unspecified atom stereocenters. The van der Waals surface area contributed by atoms with Gasteiger partial charge in [-0.3, -0.25) is 9.59 Å². The number of carbonyl (C=O) groups is 2. The molecule has 4 nitrogen and oxygen atoms in total. The summed E-state index contributed by atoms with van der Waals surface area (Å²) in [5.41, 5.74) is 0. The van der Waals surface area contributed by atoms with E-state index >= 15 is 0 Å². The lowest BCUT2D eigenvalue weighted by molar-refractivity contribution is -0.128. The lowest BCUT2D eigenvalue weighted by atomic mass is 10.1. The minimum absolute atomic E-state index is 0.0557. The minimum atomic E-state index is -0.113. The van der Waals surface area contributed by atoms with Gasteiger partial charge >= 0.3 is 0 Å². The van der Waals surface area contributed by atoms with Gasteiger partial charge < -0.3 is 10.2 Å². The molecule has 2 amide bonds. The van der Waals surface area contributed by atoms with E-state index in [9.17, 15) is 9.59 Å². The molecule has 2 fully saturated rings. The van der Waals surface area contributed by atoms with Gasteiger partial charge in [0.2, 0.25) is 11.8 Å². The van der Waals surface area contributed by atoms with Crippen molar-refractivity contribution < 1.29 is 9.59 Å². The van der Waals surface area contributed by atoms with Gasteiger partial charge in [0.25, 0.3) is 0 Å². The fourth-order valence-corrected chi connectivity index (χ4v) is 1.59. The van der Waals surface area contributed by atoms with Gasteiger partial charge in [-0.15, -0.1) is 0 Å². The zero-order valence-corrected chi connectivity index (χ0v) is 7.75. The molecule has 2 aliphatic rings. The third-order valence-electron chi connectivity index (χ3n) is 2.64. The monoisotopic (exact) mass is 182 g/mol. The maximum Gasteiger partial charge on any atom is 0.225 e. The van der Waals surface area contributed by atoms with Crippen molar-refractivity contribution in [3.8, 4) is 0 Å². The molecule has 0 aromatic heterocycles. The molecule has 4 heteroatoms. The quantitative estimate of drug-likeness (QED) is 0.640. The Labute approximate surface area is 77.3 Å². The molecule has 72 valence electrons. The highest BCUT2D eigenvalue weighted by Crippen LogP contribution is 2.21. The summed E-state index contributed by atoms with van der Waals surface area (Å²) >= 11 is 0. The lowest BCUT2D eigenvalue weighted by Crippen LogP contribution is -2.33. The number of nitrogens with one attached hydrogen (secondary N) is 1. The Bertz CT molecular complexity index is 248. The first-order valence-corrected chi connectivity index (χ1v) is 4.71. The Morgan fingerprint density at radius 3 is 2.69 bits per heavy atom. The third-order valence-corrected chi connectivity index (χ3v) is 2.64. The van der Waals surface area contributed by atoms with Gasteiger partial charge in [-0.05, 0) is 12.8 Å². The predicted octanol–water partition coefficient (Wildman–Crippen LogP) is -0.257. The summed E-state index contributed by atoms with van der Waals surface area (Å²) in [4.78, 5) is 24.3. The highest BCUT2D eigenvalue weighted by Gasteiger charge is 2.34. The van der Waals surface area contributed by atoms with Crippen molar-refractivity contribution in [1.29, 1.82) is 0 Å². The van der Waals surface area contributed by atoms with Gasteiger partial charge in [0.05, 0.1) is 5.92 Å². The number of amides is 2. The molecule has 0 spiro atoms. The van der Waals surface area contributed by atoms with Crippen molar-refractivity contribution >= 4 is 11.8 Å². The normalized spacial score (nSPS) is 27.9. The Morgan fingerprint density at radius 2 is 2.23 bits per heavy atom. The molecule has 1 aliphatic heterocycles. The summed E-state index contributed by atoms with van der Waals surface area (Å²) in [7, 11) is 1.74. The molecule has 0 aromatic carbocycles. The molecule has 1 heterocycles. The number of hydrogen-bond acceptors (Lipinski definition) is 2. The van der Waals surface area contributed by atoms with Crippen molar-refractivity contribution in [3.63, 3.8) is 0 Å². The number of rotatable bonds is 2. The van der Waals surface area contributed by atoms with E-state index in [4.69, 9.17) is 0 Å². The van der Waals surface area contributed by atoms with Crippen LogP contribution in [0, 0.1) is 5.92 Å². The van der Waals surface area contributed by atoms with E-state index in [0.29, 0.717) is 19.0 Å². The zero-order valence-electron chi connectivity index (χ0n) is 7.75. The van der Waals surface area contributed by atoms with Gasteiger partial charge in [0.1, 0.15) is 0 Å². The number of hydrogen-bond donors (Lipinski definition) is 1. The van der Waals surface area contributed by atoms with Crippen LogP contribution in [0.2, 0.25) is 0 Å². The van der Waals surface area contributed by atoms with Crippen LogP contribution >= 0.6 is 0 Å². The van der Waals surface area contributed by atoms with Gasteiger partial charge in [-0.25, -0.2) is 0 Å². The largest absolute Gasteiger partial charge is 0.353 e. The van der Waals surface area contributed by atoms with Crippen LogP contribution in [-0.4, -0.2) is 36.3 Å². The Morgan fingerprint density at radius 1 is 1.54 bits per heavy atom. The van der Waals surface area contributed by atoms with Crippen molar-refractivity contribution in [2.75, 3.05) is 13.6 Å². The van der Waals surface area contributed by atoms with Crippen molar-refractivity contribution in [3.05, 3.63) is 0 Å². The summed E-state index contributed by atoms with van der Waals surface area (Å²) in [5.74, 6) is 0.0225. The molecular formula is C9H14N2O2. The molecule has 2 rings (SSSR count). The van der Waals surface area contributed by atoms with E-state index < -0.39 is 0 Å². The molecular weight excluding hydrogens is 168 g/mol.